The molecule has 7 nitrogen and oxygen atoms in total. The van der Waals surface area contributed by atoms with Crippen molar-refractivity contribution < 1.29 is 4.79 Å². The first-order valence-electron chi connectivity index (χ1n) is 9.66. The Hall–Kier alpha value is -2.96. The molecule has 2 aromatic heterocycles. The highest BCUT2D eigenvalue weighted by Crippen LogP contribution is 2.26. The number of fused-ring (bicyclic) bond motifs is 1. The van der Waals surface area contributed by atoms with Crippen LogP contribution in [0, 0.1) is 26.7 Å². The first-order valence-corrected chi connectivity index (χ1v) is 9.66. The van der Waals surface area contributed by atoms with Gasteiger partial charge in [0.25, 0.3) is 0 Å². The minimum absolute atomic E-state index is 0.0734. The predicted molar refractivity (Wildman–Crippen MR) is 112 cm³/mol. The number of benzene rings is 1. The van der Waals surface area contributed by atoms with Crippen LogP contribution in [0.1, 0.15) is 37.4 Å². The summed E-state index contributed by atoms with van der Waals surface area (Å²) in [6.07, 6.45) is 0.541. The van der Waals surface area contributed by atoms with Crippen LogP contribution in [0.15, 0.2) is 24.3 Å². The van der Waals surface area contributed by atoms with Crippen LogP contribution in [-0.4, -0.2) is 38.7 Å². The Morgan fingerprint density at radius 3 is 2.64 bits per heavy atom. The highest BCUT2D eigenvalue weighted by molar-refractivity contribution is 5.90. The van der Waals surface area contributed by atoms with Gasteiger partial charge in [0.1, 0.15) is 11.6 Å². The third-order valence-electron chi connectivity index (χ3n) is 4.39. The molecular formula is C21H28N6O. The van der Waals surface area contributed by atoms with Crippen LogP contribution in [0.2, 0.25) is 0 Å². The Bertz CT molecular complexity index is 992. The molecule has 2 heterocycles. The maximum absolute atomic E-state index is 11.8. The standard InChI is InChI=1S/C21H28N6O/c1-13(2)11-18(28)22-9-10-23-20-19-15(4)26-27(21(19)25-16(5)24-20)17-8-6-7-14(3)12-17/h6-8,12-13H,9-11H2,1-5H3,(H,22,28)(H,23,24,25). The Morgan fingerprint density at radius 2 is 1.93 bits per heavy atom. The summed E-state index contributed by atoms with van der Waals surface area (Å²) in [5, 5.41) is 11.9. The van der Waals surface area contributed by atoms with Crippen LogP contribution < -0.4 is 10.6 Å². The summed E-state index contributed by atoms with van der Waals surface area (Å²) in [7, 11) is 0. The Labute approximate surface area is 165 Å². The van der Waals surface area contributed by atoms with Gasteiger partial charge < -0.3 is 10.6 Å². The molecule has 3 rings (SSSR count). The lowest BCUT2D eigenvalue weighted by molar-refractivity contribution is -0.121. The molecular weight excluding hydrogens is 352 g/mol. The number of nitrogens with zero attached hydrogens (tertiary/aromatic N) is 4. The second kappa shape index (κ2) is 8.37. The van der Waals surface area contributed by atoms with E-state index in [4.69, 9.17) is 5.10 Å². The van der Waals surface area contributed by atoms with Gasteiger partial charge in [0.05, 0.1) is 16.8 Å². The van der Waals surface area contributed by atoms with Gasteiger partial charge in [-0.15, -0.1) is 0 Å². The molecule has 2 N–H and O–H groups in total. The minimum atomic E-state index is 0.0734. The van der Waals surface area contributed by atoms with E-state index in [1.54, 1.807) is 0 Å². The first kappa shape index (κ1) is 19.8. The van der Waals surface area contributed by atoms with Crippen molar-refractivity contribution in [1.82, 2.24) is 25.1 Å². The number of amides is 1. The fourth-order valence-corrected chi connectivity index (χ4v) is 3.18. The summed E-state index contributed by atoms with van der Waals surface area (Å²) < 4.78 is 1.86. The number of hydrogen-bond acceptors (Lipinski definition) is 5. The third-order valence-corrected chi connectivity index (χ3v) is 4.39. The van der Waals surface area contributed by atoms with E-state index in [9.17, 15) is 4.79 Å². The quantitative estimate of drug-likeness (QED) is 0.614. The van der Waals surface area contributed by atoms with Gasteiger partial charge in [0.15, 0.2) is 5.65 Å². The van der Waals surface area contributed by atoms with Crippen molar-refractivity contribution in [3.8, 4) is 5.69 Å². The lowest BCUT2D eigenvalue weighted by Gasteiger charge is -2.10. The van der Waals surface area contributed by atoms with Crippen LogP contribution in [0.5, 0.6) is 0 Å². The zero-order valence-electron chi connectivity index (χ0n) is 17.2. The van der Waals surface area contributed by atoms with Crippen molar-refractivity contribution >= 4 is 22.8 Å². The van der Waals surface area contributed by atoms with Crippen LogP contribution in [0.3, 0.4) is 0 Å². The fourth-order valence-electron chi connectivity index (χ4n) is 3.18. The van der Waals surface area contributed by atoms with Crippen LogP contribution in [0.25, 0.3) is 16.7 Å². The van der Waals surface area contributed by atoms with E-state index in [1.165, 1.54) is 5.56 Å². The highest BCUT2D eigenvalue weighted by atomic mass is 16.1. The van der Waals surface area contributed by atoms with Gasteiger partial charge in [-0.1, -0.05) is 26.0 Å². The molecule has 0 radical (unpaired) electrons. The summed E-state index contributed by atoms with van der Waals surface area (Å²) in [5.41, 5.74) is 3.79. The topological polar surface area (TPSA) is 84.7 Å². The van der Waals surface area contributed by atoms with E-state index in [0.717, 1.165) is 28.2 Å². The van der Waals surface area contributed by atoms with E-state index in [1.807, 2.05) is 44.5 Å². The number of carbonyl (C=O) groups excluding carboxylic acids is 1. The molecule has 0 atom stereocenters. The second-order valence-corrected chi connectivity index (χ2v) is 7.53. The number of aromatic nitrogens is 4. The summed E-state index contributed by atoms with van der Waals surface area (Å²) >= 11 is 0. The molecule has 1 aromatic carbocycles. The smallest absolute Gasteiger partial charge is 0.220 e. The SMILES string of the molecule is Cc1cccc(-n2nc(C)c3c(NCCNC(=O)CC(C)C)nc(C)nc32)c1. The zero-order valence-corrected chi connectivity index (χ0v) is 17.2. The van der Waals surface area contributed by atoms with Gasteiger partial charge in [-0.3, -0.25) is 4.79 Å². The Balaban J connectivity index is 1.83. The molecule has 0 fully saturated rings. The molecule has 0 saturated carbocycles. The van der Waals surface area contributed by atoms with E-state index in [-0.39, 0.29) is 5.91 Å². The summed E-state index contributed by atoms with van der Waals surface area (Å²) in [4.78, 5) is 21.0. The molecule has 0 aliphatic carbocycles. The van der Waals surface area contributed by atoms with Crippen molar-refractivity contribution in [1.29, 1.82) is 0 Å². The normalized spacial score (nSPS) is 11.2. The summed E-state index contributed by atoms with van der Waals surface area (Å²) in [5.74, 6) is 1.85. The molecule has 0 unspecified atom stereocenters. The lowest BCUT2D eigenvalue weighted by atomic mass is 10.1. The molecule has 0 spiro atoms. The van der Waals surface area contributed by atoms with Gasteiger partial charge in [-0.2, -0.15) is 5.10 Å². The predicted octanol–water partition coefficient (Wildman–Crippen LogP) is 3.31. The maximum Gasteiger partial charge on any atom is 0.220 e. The largest absolute Gasteiger partial charge is 0.368 e. The number of hydrogen-bond donors (Lipinski definition) is 2. The first-order chi connectivity index (χ1) is 13.3. The van der Waals surface area contributed by atoms with Crippen molar-refractivity contribution in [2.24, 2.45) is 5.92 Å². The van der Waals surface area contributed by atoms with Gasteiger partial charge >= 0.3 is 0 Å². The molecule has 0 bridgehead atoms. The summed E-state index contributed by atoms with van der Waals surface area (Å²) in [6.45, 7) is 11.1. The van der Waals surface area contributed by atoms with E-state index in [0.29, 0.717) is 31.3 Å². The fraction of sp³-hybridized carbons (Fsp3) is 0.429. The second-order valence-electron chi connectivity index (χ2n) is 7.53. The highest BCUT2D eigenvalue weighted by Gasteiger charge is 2.16. The van der Waals surface area contributed by atoms with Gasteiger partial charge in [-0.25, -0.2) is 14.6 Å². The summed E-state index contributed by atoms with van der Waals surface area (Å²) in [6, 6.07) is 8.18. The van der Waals surface area contributed by atoms with Crippen molar-refractivity contribution in [3.63, 3.8) is 0 Å². The number of rotatable bonds is 7. The van der Waals surface area contributed by atoms with Gasteiger partial charge in [0, 0.05) is 19.5 Å². The molecule has 0 aliphatic heterocycles. The number of nitrogens with one attached hydrogen (secondary N) is 2. The third kappa shape index (κ3) is 4.47. The number of anilines is 1. The lowest BCUT2D eigenvalue weighted by Crippen LogP contribution is -2.29. The van der Waals surface area contributed by atoms with Crippen molar-refractivity contribution in [2.75, 3.05) is 18.4 Å². The zero-order chi connectivity index (χ0) is 20.3. The van der Waals surface area contributed by atoms with E-state index < -0.39 is 0 Å². The average molecular weight is 380 g/mol. The van der Waals surface area contributed by atoms with Crippen LogP contribution >= 0.6 is 0 Å². The average Bonchev–Trinajstić information content (AvgIpc) is 2.94. The molecule has 3 aromatic rings. The molecule has 28 heavy (non-hydrogen) atoms. The molecule has 0 aliphatic rings. The number of carbonyl (C=O) groups is 1. The van der Waals surface area contributed by atoms with Crippen LogP contribution in [-0.2, 0) is 4.79 Å². The molecule has 148 valence electrons. The monoisotopic (exact) mass is 380 g/mol. The maximum atomic E-state index is 11.8. The Morgan fingerprint density at radius 1 is 1.14 bits per heavy atom. The minimum Gasteiger partial charge on any atom is -0.368 e. The van der Waals surface area contributed by atoms with Gasteiger partial charge in [-0.05, 0) is 44.4 Å². The van der Waals surface area contributed by atoms with Crippen molar-refractivity contribution in [2.45, 2.75) is 41.0 Å². The van der Waals surface area contributed by atoms with Gasteiger partial charge in [0.2, 0.25) is 5.91 Å². The van der Waals surface area contributed by atoms with E-state index in [2.05, 4.69) is 39.7 Å². The van der Waals surface area contributed by atoms with Crippen molar-refractivity contribution in [3.05, 3.63) is 41.3 Å². The molecule has 1 amide bonds. The van der Waals surface area contributed by atoms with E-state index >= 15 is 0 Å². The molecule has 7 heteroatoms. The molecule has 0 saturated heterocycles. The number of aryl methyl sites for hydroxylation is 3. The van der Waals surface area contributed by atoms with Crippen LogP contribution in [0.4, 0.5) is 5.82 Å². The Kier molecular flexibility index (Phi) is 5.92.